The maximum absolute atomic E-state index is 12.7. The lowest BCUT2D eigenvalue weighted by Gasteiger charge is -2.23. The molecule has 2 saturated carbocycles. The van der Waals surface area contributed by atoms with Gasteiger partial charge in [-0.25, -0.2) is 0 Å². The molecule has 22 heavy (non-hydrogen) atoms. The Labute approximate surface area is 137 Å². The average Bonchev–Trinajstić information content (AvgIpc) is 3.05. The molecule has 5 atom stereocenters. The first-order valence-electron chi connectivity index (χ1n) is 7.74. The molecule has 1 aliphatic heterocycles. The van der Waals surface area contributed by atoms with E-state index in [0.29, 0.717) is 5.92 Å². The minimum atomic E-state index is -0.222. The van der Waals surface area contributed by atoms with Crippen molar-refractivity contribution in [3.8, 4) is 0 Å². The highest BCUT2D eigenvalue weighted by molar-refractivity contribution is 9.10. The molecule has 1 N–H and O–H groups in total. The van der Waals surface area contributed by atoms with Crippen molar-refractivity contribution in [1.82, 2.24) is 0 Å². The number of carbonyl (C=O) groups excluding carboxylic acids is 2. The minimum absolute atomic E-state index is 0.0316. The van der Waals surface area contributed by atoms with Crippen LogP contribution in [0.25, 0.3) is 0 Å². The van der Waals surface area contributed by atoms with Crippen molar-refractivity contribution in [2.75, 3.05) is 5.32 Å². The zero-order valence-corrected chi connectivity index (χ0v) is 14.1. The summed E-state index contributed by atoms with van der Waals surface area (Å²) in [6.07, 6.45) is 1.88. The van der Waals surface area contributed by atoms with Gasteiger partial charge < -0.3 is 10.1 Å². The fraction of sp³-hybridized carbons (Fsp3) is 0.529. The number of nitrogens with one attached hydrogen (secondary N) is 1. The Morgan fingerprint density at radius 3 is 2.64 bits per heavy atom. The molecular formula is C17H18BrNO3. The van der Waals surface area contributed by atoms with Crippen LogP contribution in [0.4, 0.5) is 5.69 Å². The first-order valence-corrected chi connectivity index (χ1v) is 8.53. The van der Waals surface area contributed by atoms with Crippen molar-refractivity contribution in [1.29, 1.82) is 0 Å². The SMILES string of the molecule is Cc1cc(NC(=O)[C@H]2[C@@H]3C[C@@H]4[C@@H]2C(=O)O[C@@H]4C3)cc(C)c1Br. The maximum Gasteiger partial charge on any atom is 0.310 e. The quantitative estimate of drug-likeness (QED) is 0.820. The molecule has 116 valence electrons. The van der Waals surface area contributed by atoms with Crippen LogP contribution in [-0.4, -0.2) is 18.0 Å². The third-order valence-corrected chi connectivity index (χ3v) is 6.74. The topological polar surface area (TPSA) is 55.4 Å². The van der Waals surface area contributed by atoms with Crippen LogP contribution in [0.3, 0.4) is 0 Å². The van der Waals surface area contributed by atoms with E-state index in [-0.39, 0.29) is 35.7 Å². The van der Waals surface area contributed by atoms with Crippen LogP contribution in [0, 0.1) is 37.5 Å². The van der Waals surface area contributed by atoms with E-state index in [9.17, 15) is 9.59 Å². The summed E-state index contributed by atoms with van der Waals surface area (Å²) in [5.41, 5.74) is 2.97. The number of fused-ring (bicyclic) bond motifs is 1. The summed E-state index contributed by atoms with van der Waals surface area (Å²) < 4.78 is 6.46. The molecule has 4 rings (SSSR count). The third-order valence-electron chi connectivity index (χ3n) is 5.49. The standard InChI is InChI=1S/C17H18BrNO3/c1-7-3-10(4-8(2)15(7)18)19-16(20)13-9-5-11-12(6-9)22-17(21)14(11)13/h3-4,9,11-14H,5-6H2,1-2H3,(H,19,20)/t9-,11+,12-,13+,14+/m1/s1. The van der Waals surface area contributed by atoms with Crippen molar-refractivity contribution < 1.29 is 14.3 Å². The van der Waals surface area contributed by atoms with Gasteiger partial charge in [0.25, 0.3) is 0 Å². The van der Waals surface area contributed by atoms with E-state index in [1.807, 2.05) is 26.0 Å². The highest BCUT2D eigenvalue weighted by Gasteiger charge is 2.63. The van der Waals surface area contributed by atoms with Crippen LogP contribution in [0.5, 0.6) is 0 Å². The predicted octanol–water partition coefficient (Wildman–Crippen LogP) is 3.20. The Morgan fingerprint density at radius 1 is 1.27 bits per heavy atom. The largest absolute Gasteiger partial charge is 0.462 e. The number of amides is 1. The Kier molecular flexibility index (Phi) is 3.12. The lowest BCUT2D eigenvalue weighted by molar-refractivity contribution is -0.145. The summed E-state index contributed by atoms with van der Waals surface area (Å²) >= 11 is 3.53. The van der Waals surface area contributed by atoms with E-state index < -0.39 is 0 Å². The van der Waals surface area contributed by atoms with Gasteiger partial charge in [-0.2, -0.15) is 0 Å². The fourth-order valence-corrected chi connectivity index (χ4v) is 4.84. The lowest BCUT2D eigenvalue weighted by Crippen LogP contribution is -2.35. The minimum Gasteiger partial charge on any atom is -0.462 e. The van der Waals surface area contributed by atoms with Crippen LogP contribution in [0.15, 0.2) is 16.6 Å². The molecule has 0 aromatic heterocycles. The zero-order valence-electron chi connectivity index (χ0n) is 12.6. The van der Waals surface area contributed by atoms with Crippen LogP contribution >= 0.6 is 15.9 Å². The van der Waals surface area contributed by atoms with Gasteiger partial charge in [0.1, 0.15) is 6.10 Å². The van der Waals surface area contributed by atoms with Gasteiger partial charge in [-0.05, 0) is 55.9 Å². The number of rotatable bonds is 2. The molecule has 1 heterocycles. The lowest BCUT2D eigenvalue weighted by atomic mass is 9.79. The smallest absolute Gasteiger partial charge is 0.310 e. The molecule has 1 saturated heterocycles. The Bertz CT molecular complexity index is 661. The van der Waals surface area contributed by atoms with Crippen LogP contribution in [-0.2, 0) is 14.3 Å². The molecule has 4 nitrogen and oxygen atoms in total. The molecule has 1 aromatic carbocycles. The monoisotopic (exact) mass is 363 g/mol. The number of anilines is 1. The van der Waals surface area contributed by atoms with E-state index in [4.69, 9.17) is 4.74 Å². The second-order valence-electron chi connectivity index (χ2n) is 6.84. The number of halogens is 1. The zero-order chi connectivity index (χ0) is 15.6. The van der Waals surface area contributed by atoms with Gasteiger partial charge in [0.2, 0.25) is 5.91 Å². The molecule has 1 aromatic rings. The number of esters is 1. The molecule has 0 spiro atoms. The van der Waals surface area contributed by atoms with Crippen molar-refractivity contribution in [3.63, 3.8) is 0 Å². The normalized spacial score (nSPS) is 34.9. The molecule has 3 fully saturated rings. The number of carbonyl (C=O) groups is 2. The predicted molar refractivity (Wildman–Crippen MR) is 85.3 cm³/mol. The summed E-state index contributed by atoms with van der Waals surface area (Å²) in [4.78, 5) is 24.7. The Hall–Kier alpha value is -1.36. The number of hydrogen-bond acceptors (Lipinski definition) is 3. The third kappa shape index (κ3) is 1.94. The molecule has 0 radical (unpaired) electrons. The van der Waals surface area contributed by atoms with E-state index >= 15 is 0 Å². The fourth-order valence-electron chi connectivity index (χ4n) is 4.61. The molecule has 2 aliphatic carbocycles. The summed E-state index contributed by atoms with van der Waals surface area (Å²) in [6, 6.07) is 3.91. The second-order valence-corrected chi connectivity index (χ2v) is 7.63. The molecule has 5 heteroatoms. The summed E-state index contributed by atoms with van der Waals surface area (Å²) in [5.74, 6) is -0.0816. The van der Waals surface area contributed by atoms with Gasteiger partial charge in [0.15, 0.2) is 0 Å². The molecule has 0 unspecified atom stereocenters. The molecular weight excluding hydrogens is 346 g/mol. The van der Waals surface area contributed by atoms with Gasteiger partial charge in [-0.15, -0.1) is 0 Å². The average molecular weight is 364 g/mol. The number of benzene rings is 1. The molecule has 3 aliphatic rings. The second kappa shape index (κ2) is 4.82. The number of hydrogen-bond donors (Lipinski definition) is 1. The summed E-state index contributed by atoms with van der Waals surface area (Å²) in [6.45, 7) is 4.01. The first-order chi connectivity index (χ1) is 10.5. The van der Waals surface area contributed by atoms with Crippen LogP contribution in [0.2, 0.25) is 0 Å². The van der Waals surface area contributed by atoms with Gasteiger partial charge in [0.05, 0.1) is 11.8 Å². The molecule has 2 bridgehead atoms. The van der Waals surface area contributed by atoms with E-state index in [1.54, 1.807) is 0 Å². The van der Waals surface area contributed by atoms with E-state index in [1.165, 1.54) is 0 Å². The molecule has 1 amide bonds. The van der Waals surface area contributed by atoms with Crippen LogP contribution < -0.4 is 5.32 Å². The summed E-state index contributed by atoms with van der Waals surface area (Å²) in [7, 11) is 0. The van der Waals surface area contributed by atoms with Crippen molar-refractivity contribution in [2.24, 2.45) is 23.7 Å². The Morgan fingerprint density at radius 2 is 1.95 bits per heavy atom. The Balaban J connectivity index is 1.57. The summed E-state index contributed by atoms with van der Waals surface area (Å²) in [5, 5.41) is 3.01. The van der Waals surface area contributed by atoms with Gasteiger partial charge in [-0.3, -0.25) is 9.59 Å². The van der Waals surface area contributed by atoms with Gasteiger partial charge >= 0.3 is 5.97 Å². The maximum atomic E-state index is 12.7. The van der Waals surface area contributed by atoms with Gasteiger partial charge in [0, 0.05) is 16.1 Å². The highest BCUT2D eigenvalue weighted by atomic mass is 79.9. The first kappa shape index (κ1) is 14.2. The van der Waals surface area contributed by atoms with E-state index in [0.717, 1.165) is 34.1 Å². The van der Waals surface area contributed by atoms with Crippen molar-refractivity contribution >= 4 is 33.5 Å². The van der Waals surface area contributed by atoms with Crippen molar-refractivity contribution in [3.05, 3.63) is 27.7 Å². The van der Waals surface area contributed by atoms with E-state index in [2.05, 4.69) is 21.2 Å². The van der Waals surface area contributed by atoms with Crippen molar-refractivity contribution in [2.45, 2.75) is 32.8 Å². The number of aryl methyl sites for hydroxylation is 2. The highest BCUT2D eigenvalue weighted by Crippen LogP contribution is 2.57. The number of ether oxygens (including phenoxy) is 1. The van der Waals surface area contributed by atoms with Gasteiger partial charge in [-0.1, -0.05) is 15.9 Å². The van der Waals surface area contributed by atoms with Crippen LogP contribution in [0.1, 0.15) is 24.0 Å².